The third-order valence-corrected chi connectivity index (χ3v) is 9.49. The van der Waals surface area contributed by atoms with Crippen molar-refractivity contribution in [3.8, 4) is 11.5 Å². The van der Waals surface area contributed by atoms with Gasteiger partial charge in [0, 0.05) is 30.6 Å². The van der Waals surface area contributed by atoms with Crippen LogP contribution in [0.25, 0.3) is 0 Å². The average molecular weight is 676 g/mol. The zero-order valence-corrected chi connectivity index (χ0v) is 28.9. The summed E-state index contributed by atoms with van der Waals surface area (Å²) < 4.78 is 55.7. The highest BCUT2D eigenvalue weighted by molar-refractivity contribution is 7.92. The van der Waals surface area contributed by atoms with Crippen molar-refractivity contribution in [2.24, 2.45) is 0 Å². The zero-order valence-electron chi connectivity index (χ0n) is 28.1. The number of rotatable bonds is 14. The smallest absolute Gasteiger partial charge is 0.264 e. The summed E-state index contributed by atoms with van der Waals surface area (Å²) in [7, 11) is -1.56. The molecule has 0 aromatic heterocycles. The molecule has 4 aromatic carbocycles. The van der Waals surface area contributed by atoms with E-state index in [0.29, 0.717) is 5.75 Å². The van der Waals surface area contributed by atoms with Crippen molar-refractivity contribution in [2.45, 2.75) is 57.6 Å². The van der Waals surface area contributed by atoms with Gasteiger partial charge >= 0.3 is 0 Å². The quantitative estimate of drug-likeness (QED) is 0.181. The van der Waals surface area contributed by atoms with Crippen LogP contribution in [0.5, 0.6) is 11.5 Å². The van der Waals surface area contributed by atoms with Crippen LogP contribution in [0.4, 0.5) is 10.1 Å². The number of halogens is 1. The van der Waals surface area contributed by atoms with Crippen molar-refractivity contribution in [1.82, 2.24) is 10.2 Å². The normalized spacial score (nSPS) is 11.9. The number of carbonyl (C=O) groups is 2. The van der Waals surface area contributed by atoms with E-state index in [1.165, 1.54) is 55.5 Å². The number of hydrogen-bond acceptors (Lipinski definition) is 6. The maximum atomic E-state index is 15.1. The summed E-state index contributed by atoms with van der Waals surface area (Å²) in [6.07, 6.45) is 0.117. The van der Waals surface area contributed by atoms with Gasteiger partial charge in [0.15, 0.2) is 11.5 Å². The molecule has 11 heteroatoms. The van der Waals surface area contributed by atoms with Crippen LogP contribution < -0.4 is 19.1 Å². The van der Waals surface area contributed by atoms with Crippen molar-refractivity contribution in [3.63, 3.8) is 0 Å². The number of ether oxygens (including phenoxy) is 2. The minimum Gasteiger partial charge on any atom is -0.493 e. The van der Waals surface area contributed by atoms with Crippen LogP contribution >= 0.6 is 0 Å². The average Bonchev–Trinajstić information content (AvgIpc) is 3.05. The van der Waals surface area contributed by atoms with Crippen molar-refractivity contribution in [2.75, 3.05) is 25.1 Å². The molecule has 4 rings (SSSR count). The molecule has 0 unspecified atom stereocenters. The first-order chi connectivity index (χ1) is 22.8. The Kier molecular flexibility index (Phi) is 11.8. The lowest BCUT2D eigenvalue weighted by Crippen LogP contribution is -2.54. The summed E-state index contributed by atoms with van der Waals surface area (Å²) in [4.78, 5) is 29.6. The molecule has 4 aromatic rings. The molecule has 0 saturated heterocycles. The Morgan fingerprint density at radius 2 is 1.46 bits per heavy atom. The van der Waals surface area contributed by atoms with Crippen LogP contribution in [0, 0.1) is 19.7 Å². The molecule has 1 atom stereocenters. The first-order valence-electron chi connectivity index (χ1n) is 15.5. The Morgan fingerprint density at radius 3 is 2.06 bits per heavy atom. The fourth-order valence-corrected chi connectivity index (χ4v) is 6.89. The Balaban J connectivity index is 1.86. The first-order valence-corrected chi connectivity index (χ1v) is 17.0. The predicted molar refractivity (Wildman–Crippen MR) is 184 cm³/mol. The van der Waals surface area contributed by atoms with Gasteiger partial charge in [-0.05, 0) is 74.7 Å². The van der Waals surface area contributed by atoms with E-state index >= 15 is 4.39 Å². The van der Waals surface area contributed by atoms with E-state index in [0.717, 1.165) is 21.0 Å². The van der Waals surface area contributed by atoms with Gasteiger partial charge in [0.25, 0.3) is 10.0 Å². The number of benzene rings is 4. The third kappa shape index (κ3) is 8.71. The number of sulfonamides is 1. The Labute approximate surface area is 282 Å². The maximum Gasteiger partial charge on any atom is 0.264 e. The first kappa shape index (κ1) is 35.9. The lowest BCUT2D eigenvalue weighted by atomic mass is 10.0. The molecule has 0 aliphatic carbocycles. The second-order valence-electron chi connectivity index (χ2n) is 11.9. The molecule has 0 saturated carbocycles. The van der Waals surface area contributed by atoms with Crippen molar-refractivity contribution >= 4 is 27.5 Å². The molecule has 0 fully saturated rings. The molecule has 0 spiro atoms. The summed E-state index contributed by atoms with van der Waals surface area (Å²) >= 11 is 0. The molecule has 254 valence electrons. The van der Waals surface area contributed by atoms with Gasteiger partial charge in [-0.15, -0.1) is 0 Å². The fourth-order valence-electron chi connectivity index (χ4n) is 5.47. The van der Waals surface area contributed by atoms with Gasteiger partial charge in [0.2, 0.25) is 11.8 Å². The predicted octanol–water partition coefficient (Wildman–Crippen LogP) is 5.82. The molecule has 0 radical (unpaired) electrons. The van der Waals surface area contributed by atoms with E-state index < -0.39 is 40.2 Å². The van der Waals surface area contributed by atoms with E-state index in [9.17, 15) is 18.0 Å². The topological polar surface area (TPSA) is 105 Å². The van der Waals surface area contributed by atoms with Crippen molar-refractivity contribution in [1.29, 1.82) is 0 Å². The number of aryl methyl sites for hydroxylation is 2. The summed E-state index contributed by atoms with van der Waals surface area (Å²) in [5, 5.41) is 2.89. The molecule has 48 heavy (non-hydrogen) atoms. The van der Waals surface area contributed by atoms with Gasteiger partial charge in [0.05, 0.1) is 24.8 Å². The van der Waals surface area contributed by atoms with Crippen molar-refractivity contribution in [3.05, 3.63) is 119 Å². The van der Waals surface area contributed by atoms with Crippen LogP contribution in [0.2, 0.25) is 0 Å². The van der Waals surface area contributed by atoms with Crippen LogP contribution in [0.3, 0.4) is 0 Å². The van der Waals surface area contributed by atoms with Crippen molar-refractivity contribution < 1.29 is 31.9 Å². The van der Waals surface area contributed by atoms with Gasteiger partial charge in [-0.3, -0.25) is 13.9 Å². The van der Waals surface area contributed by atoms with E-state index in [4.69, 9.17) is 9.47 Å². The lowest BCUT2D eigenvalue weighted by molar-refractivity contribution is -0.140. The highest BCUT2D eigenvalue weighted by Crippen LogP contribution is 2.33. The maximum absolute atomic E-state index is 15.1. The van der Waals surface area contributed by atoms with E-state index in [-0.39, 0.29) is 40.9 Å². The second kappa shape index (κ2) is 15.8. The SMILES string of the molecule is COc1ccc(S(=O)(=O)N(CC(=O)N(Cc2ccccc2F)[C@@H](Cc2ccccc2)C(=O)NC(C)C)c2cc(C)cc(C)c2)cc1OC. The van der Waals surface area contributed by atoms with Crippen LogP contribution in [0.1, 0.15) is 36.1 Å². The van der Waals surface area contributed by atoms with Crippen LogP contribution in [-0.4, -0.2) is 58.0 Å². The Hall–Kier alpha value is -4.90. The molecule has 0 heterocycles. The summed E-state index contributed by atoms with van der Waals surface area (Å²) in [6.45, 7) is 6.32. The summed E-state index contributed by atoms with van der Waals surface area (Å²) in [5.41, 5.74) is 2.78. The van der Waals surface area contributed by atoms with Crippen LogP contribution in [0.15, 0.2) is 95.9 Å². The van der Waals surface area contributed by atoms with E-state index in [1.807, 2.05) is 50.2 Å². The Bertz CT molecular complexity index is 1830. The van der Waals surface area contributed by atoms with Gasteiger partial charge in [-0.1, -0.05) is 54.6 Å². The van der Waals surface area contributed by atoms with Crippen LogP contribution in [-0.2, 0) is 32.6 Å². The van der Waals surface area contributed by atoms with E-state index in [1.54, 1.807) is 32.0 Å². The molecule has 0 bridgehead atoms. The highest BCUT2D eigenvalue weighted by Gasteiger charge is 2.35. The Morgan fingerprint density at radius 1 is 0.833 bits per heavy atom. The molecule has 0 aliphatic heterocycles. The summed E-state index contributed by atoms with van der Waals surface area (Å²) in [6, 6.07) is 23.3. The minimum atomic E-state index is -4.40. The number of nitrogens with zero attached hydrogens (tertiary/aromatic N) is 2. The number of anilines is 1. The second-order valence-corrected chi connectivity index (χ2v) is 13.7. The number of methoxy groups -OCH3 is 2. The lowest BCUT2D eigenvalue weighted by Gasteiger charge is -2.34. The molecule has 0 aliphatic rings. The van der Waals surface area contributed by atoms with Gasteiger partial charge in [0.1, 0.15) is 18.4 Å². The number of carbonyl (C=O) groups excluding carboxylic acids is 2. The molecule has 2 amide bonds. The number of amides is 2. The number of nitrogens with one attached hydrogen (secondary N) is 1. The van der Waals surface area contributed by atoms with Gasteiger partial charge < -0.3 is 19.7 Å². The molecular weight excluding hydrogens is 633 g/mol. The molecular formula is C37H42FN3O6S. The van der Waals surface area contributed by atoms with Gasteiger partial charge in [-0.25, -0.2) is 12.8 Å². The zero-order chi connectivity index (χ0) is 35.0. The largest absolute Gasteiger partial charge is 0.493 e. The third-order valence-electron chi connectivity index (χ3n) is 7.72. The minimum absolute atomic E-state index is 0.117. The van der Waals surface area contributed by atoms with E-state index in [2.05, 4.69) is 5.32 Å². The summed E-state index contributed by atoms with van der Waals surface area (Å²) in [5.74, 6) is -1.16. The van der Waals surface area contributed by atoms with Gasteiger partial charge in [-0.2, -0.15) is 0 Å². The molecule has 1 N–H and O–H groups in total. The number of hydrogen-bond donors (Lipinski definition) is 1. The standard InChI is InChI=1S/C37H42FN3O6S/c1-25(2)39-37(43)33(21-28-12-8-7-9-13-28)40(23-29-14-10-11-15-32(29)38)36(42)24-41(30-19-26(3)18-27(4)20-30)48(44,45)31-16-17-34(46-5)35(22-31)47-6/h7-20,22,25,33H,21,23-24H2,1-6H3,(H,39,43)/t33-/m0/s1. The monoisotopic (exact) mass is 675 g/mol. The molecule has 9 nitrogen and oxygen atoms in total. The fraction of sp³-hybridized carbons (Fsp3) is 0.297. The highest BCUT2D eigenvalue weighted by atomic mass is 32.2.